The molecule has 0 radical (unpaired) electrons. The highest BCUT2D eigenvalue weighted by atomic mass is 19.1. The molecule has 0 bridgehead atoms. The summed E-state index contributed by atoms with van der Waals surface area (Å²) < 4.78 is 23.6. The van der Waals surface area contributed by atoms with Gasteiger partial charge in [0.15, 0.2) is 5.76 Å². The van der Waals surface area contributed by atoms with Crippen molar-refractivity contribution in [3.8, 4) is 5.75 Å². The van der Waals surface area contributed by atoms with E-state index in [0.29, 0.717) is 18.1 Å². The molecule has 0 aliphatic rings. The number of ether oxygens (including phenoxy) is 1. The molecule has 128 valence electrons. The van der Waals surface area contributed by atoms with Gasteiger partial charge in [0.05, 0.1) is 6.54 Å². The molecule has 2 aromatic rings. The van der Waals surface area contributed by atoms with Crippen molar-refractivity contribution >= 4 is 11.8 Å². The number of amides is 2. The molecule has 0 saturated carbocycles. The van der Waals surface area contributed by atoms with Crippen molar-refractivity contribution < 1.29 is 23.1 Å². The van der Waals surface area contributed by atoms with Gasteiger partial charge in [0.2, 0.25) is 5.91 Å². The number of furan rings is 1. The number of carbonyl (C=O) groups is 2. The van der Waals surface area contributed by atoms with Crippen LogP contribution < -0.4 is 15.4 Å². The Morgan fingerprint density at radius 1 is 1.12 bits per heavy atom. The number of benzene rings is 1. The molecule has 1 aromatic carbocycles. The number of hydrogen-bond donors (Lipinski definition) is 2. The first-order valence-electron chi connectivity index (χ1n) is 7.60. The molecule has 0 fully saturated rings. The summed E-state index contributed by atoms with van der Waals surface area (Å²) in [6.07, 6.45) is 0.829. The summed E-state index contributed by atoms with van der Waals surface area (Å²) in [7, 11) is 0. The van der Waals surface area contributed by atoms with Gasteiger partial charge in [-0.2, -0.15) is 0 Å². The molecule has 1 heterocycles. The lowest BCUT2D eigenvalue weighted by molar-refractivity contribution is -0.120. The number of rotatable bonds is 8. The first-order valence-corrected chi connectivity index (χ1v) is 7.60. The van der Waals surface area contributed by atoms with Crippen LogP contribution in [0.2, 0.25) is 0 Å². The van der Waals surface area contributed by atoms with Gasteiger partial charge in [0.1, 0.15) is 23.9 Å². The van der Waals surface area contributed by atoms with E-state index in [-0.39, 0.29) is 30.6 Å². The Morgan fingerprint density at radius 3 is 2.58 bits per heavy atom. The standard InChI is InChI=1S/C17H19FN2O4/c1-2-9-19-16(21)10-20-17(22)15-8-7-14(24-15)11-23-13-5-3-12(18)4-6-13/h3-8H,2,9-11H2,1H3,(H,19,21)(H,20,22). The Hall–Kier alpha value is -2.83. The fourth-order valence-electron chi connectivity index (χ4n) is 1.84. The van der Waals surface area contributed by atoms with Crippen LogP contribution in [0.1, 0.15) is 29.7 Å². The molecule has 0 aliphatic carbocycles. The van der Waals surface area contributed by atoms with Crippen LogP contribution in [0.25, 0.3) is 0 Å². The molecule has 7 heteroatoms. The fraction of sp³-hybridized carbons (Fsp3) is 0.294. The Labute approximate surface area is 139 Å². The summed E-state index contributed by atoms with van der Waals surface area (Å²) in [6, 6.07) is 8.69. The number of halogens is 1. The van der Waals surface area contributed by atoms with Crippen LogP contribution in [-0.2, 0) is 11.4 Å². The van der Waals surface area contributed by atoms with Crippen molar-refractivity contribution in [1.29, 1.82) is 0 Å². The minimum Gasteiger partial charge on any atom is -0.486 e. The van der Waals surface area contributed by atoms with E-state index in [9.17, 15) is 14.0 Å². The maximum absolute atomic E-state index is 12.8. The first-order chi connectivity index (χ1) is 11.6. The molecule has 2 amide bonds. The van der Waals surface area contributed by atoms with Gasteiger partial charge in [0, 0.05) is 6.54 Å². The summed E-state index contributed by atoms with van der Waals surface area (Å²) in [5.41, 5.74) is 0. The number of nitrogens with one attached hydrogen (secondary N) is 2. The monoisotopic (exact) mass is 334 g/mol. The van der Waals surface area contributed by atoms with Gasteiger partial charge in [-0.1, -0.05) is 6.92 Å². The molecule has 0 saturated heterocycles. The van der Waals surface area contributed by atoms with Gasteiger partial charge in [-0.05, 0) is 42.8 Å². The van der Waals surface area contributed by atoms with Crippen LogP contribution in [0.4, 0.5) is 4.39 Å². The predicted octanol–water partition coefficient (Wildman–Crippen LogP) is 2.25. The second-order valence-corrected chi connectivity index (χ2v) is 5.04. The van der Waals surface area contributed by atoms with Crippen LogP contribution >= 0.6 is 0 Å². The van der Waals surface area contributed by atoms with Crippen LogP contribution in [0.3, 0.4) is 0 Å². The Bertz CT molecular complexity index is 682. The number of carbonyl (C=O) groups excluding carboxylic acids is 2. The van der Waals surface area contributed by atoms with Crippen molar-refractivity contribution in [2.45, 2.75) is 20.0 Å². The van der Waals surface area contributed by atoms with E-state index in [1.807, 2.05) is 6.92 Å². The average Bonchev–Trinajstić information content (AvgIpc) is 3.06. The van der Waals surface area contributed by atoms with Crippen molar-refractivity contribution in [2.75, 3.05) is 13.1 Å². The van der Waals surface area contributed by atoms with Gasteiger partial charge in [0.25, 0.3) is 5.91 Å². The van der Waals surface area contributed by atoms with E-state index in [4.69, 9.17) is 9.15 Å². The van der Waals surface area contributed by atoms with E-state index in [1.165, 1.54) is 30.3 Å². The average molecular weight is 334 g/mol. The molecule has 0 spiro atoms. The van der Waals surface area contributed by atoms with Crippen molar-refractivity contribution in [2.24, 2.45) is 0 Å². The van der Waals surface area contributed by atoms with E-state index in [1.54, 1.807) is 6.07 Å². The second kappa shape index (κ2) is 8.71. The van der Waals surface area contributed by atoms with Gasteiger partial charge >= 0.3 is 0 Å². The van der Waals surface area contributed by atoms with E-state index in [2.05, 4.69) is 10.6 Å². The van der Waals surface area contributed by atoms with E-state index >= 15 is 0 Å². The molecule has 0 aliphatic heterocycles. The number of hydrogen-bond acceptors (Lipinski definition) is 4. The van der Waals surface area contributed by atoms with Crippen molar-refractivity contribution in [3.63, 3.8) is 0 Å². The van der Waals surface area contributed by atoms with Gasteiger partial charge < -0.3 is 19.8 Å². The van der Waals surface area contributed by atoms with E-state index in [0.717, 1.165) is 6.42 Å². The minimum absolute atomic E-state index is 0.0935. The lowest BCUT2D eigenvalue weighted by atomic mass is 10.3. The lowest BCUT2D eigenvalue weighted by Crippen LogP contribution is -2.37. The molecule has 6 nitrogen and oxygen atoms in total. The summed E-state index contributed by atoms with van der Waals surface area (Å²) >= 11 is 0. The minimum atomic E-state index is -0.477. The topological polar surface area (TPSA) is 80.6 Å². The maximum Gasteiger partial charge on any atom is 0.287 e. The molecule has 1 aromatic heterocycles. The maximum atomic E-state index is 12.8. The SMILES string of the molecule is CCCNC(=O)CNC(=O)c1ccc(COc2ccc(F)cc2)o1. The molecular formula is C17H19FN2O4. The molecule has 0 unspecified atom stereocenters. The fourth-order valence-corrected chi connectivity index (χ4v) is 1.84. The Morgan fingerprint density at radius 2 is 1.88 bits per heavy atom. The molecule has 24 heavy (non-hydrogen) atoms. The Balaban J connectivity index is 1.80. The van der Waals surface area contributed by atoms with Gasteiger partial charge in [-0.15, -0.1) is 0 Å². The summed E-state index contributed by atoms with van der Waals surface area (Å²) in [5, 5.41) is 5.13. The van der Waals surface area contributed by atoms with Gasteiger partial charge in [-0.25, -0.2) is 4.39 Å². The smallest absolute Gasteiger partial charge is 0.287 e. The molecule has 2 N–H and O–H groups in total. The van der Waals surface area contributed by atoms with Crippen LogP contribution in [0.5, 0.6) is 5.75 Å². The van der Waals surface area contributed by atoms with Crippen LogP contribution in [0, 0.1) is 5.82 Å². The first kappa shape index (κ1) is 17.5. The van der Waals surface area contributed by atoms with Crippen LogP contribution in [0.15, 0.2) is 40.8 Å². The molecule has 0 atom stereocenters. The third-order valence-corrected chi connectivity index (χ3v) is 3.06. The lowest BCUT2D eigenvalue weighted by Gasteiger charge is -2.05. The zero-order valence-electron chi connectivity index (χ0n) is 13.3. The van der Waals surface area contributed by atoms with Crippen LogP contribution in [-0.4, -0.2) is 24.9 Å². The van der Waals surface area contributed by atoms with E-state index < -0.39 is 5.91 Å². The predicted molar refractivity (Wildman–Crippen MR) is 85.1 cm³/mol. The second-order valence-electron chi connectivity index (χ2n) is 5.04. The zero-order chi connectivity index (χ0) is 17.4. The highest BCUT2D eigenvalue weighted by Gasteiger charge is 2.12. The summed E-state index contributed by atoms with van der Waals surface area (Å²) in [4.78, 5) is 23.3. The quantitative estimate of drug-likeness (QED) is 0.776. The third kappa shape index (κ3) is 5.42. The molecule has 2 rings (SSSR count). The van der Waals surface area contributed by atoms with Gasteiger partial charge in [-0.3, -0.25) is 9.59 Å². The summed E-state index contributed by atoms with van der Waals surface area (Å²) in [5.74, 6) is -0.0455. The third-order valence-electron chi connectivity index (χ3n) is 3.06. The highest BCUT2D eigenvalue weighted by molar-refractivity contribution is 5.94. The normalized spacial score (nSPS) is 10.2. The Kier molecular flexibility index (Phi) is 6.36. The van der Waals surface area contributed by atoms with Crippen molar-refractivity contribution in [1.82, 2.24) is 10.6 Å². The largest absolute Gasteiger partial charge is 0.486 e. The van der Waals surface area contributed by atoms with Crippen molar-refractivity contribution in [3.05, 3.63) is 53.7 Å². The molecular weight excluding hydrogens is 315 g/mol. The summed E-state index contributed by atoms with van der Waals surface area (Å²) in [6.45, 7) is 2.51. The highest BCUT2D eigenvalue weighted by Crippen LogP contribution is 2.15. The zero-order valence-corrected chi connectivity index (χ0v) is 13.3.